The van der Waals surface area contributed by atoms with E-state index in [2.05, 4.69) is 36.4 Å². The fourth-order valence-electron chi connectivity index (χ4n) is 3.50. The second kappa shape index (κ2) is 9.31. The van der Waals surface area contributed by atoms with Gasteiger partial charge in [-0.25, -0.2) is 0 Å². The minimum Gasteiger partial charge on any atom is -0.312 e. The van der Waals surface area contributed by atoms with E-state index in [0.717, 1.165) is 21.9 Å². The van der Waals surface area contributed by atoms with Crippen molar-refractivity contribution in [1.82, 2.24) is 0 Å². The molecule has 0 aliphatic carbocycles. The predicted molar refractivity (Wildman–Crippen MR) is 127 cm³/mol. The van der Waals surface area contributed by atoms with Crippen molar-refractivity contribution in [3.05, 3.63) is 132 Å². The van der Waals surface area contributed by atoms with Gasteiger partial charge in [-0.1, -0.05) is 121 Å². The number of hydrogen-bond donors (Lipinski definition) is 0. The molecule has 0 aromatic heterocycles. The summed E-state index contributed by atoms with van der Waals surface area (Å²) in [5.74, 6) is 0.810. The molecule has 0 aliphatic heterocycles. The Morgan fingerprint density at radius 1 is 0.586 bits per heavy atom. The molecule has 4 rings (SSSR count). The Morgan fingerprint density at radius 2 is 1.00 bits per heavy atom. The highest BCUT2D eigenvalue weighted by Gasteiger charge is 2.38. The Balaban J connectivity index is 1.83. The summed E-state index contributed by atoms with van der Waals surface area (Å²) in [6.45, 7) is 0. The molecule has 0 amide bonds. The molecule has 0 spiro atoms. The third-order valence-electron chi connectivity index (χ3n) is 4.95. The van der Waals surface area contributed by atoms with Gasteiger partial charge in [-0.15, -0.1) is 11.8 Å². The van der Waals surface area contributed by atoms with Crippen molar-refractivity contribution in [3.8, 4) is 0 Å². The van der Waals surface area contributed by atoms with Crippen molar-refractivity contribution in [2.24, 2.45) is 0 Å². The van der Waals surface area contributed by atoms with Crippen molar-refractivity contribution >= 4 is 29.5 Å². The third-order valence-corrected chi connectivity index (χ3v) is 10.5. The van der Waals surface area contributed by atoms with E-state index in [0.29, 0.717) is 0 Å². The summed E-state index contributed by atoms with van der Waals surface area (Å²) in [4.78, 5) is -0.159. The first kappa shape index (κ1) is 19.8. The van der Waals surface area contributed by atoms with Crippen LogP contribution in [0.25, 0.3) is 0 Å². The second-order valence-corrected chi connectivity index (χ2v) is 11.2. The van der Waals surface area contributed by atoms with Gasteiger partial charge in [0.15, 0.2) is 7.14 Å². The molecule has 0 saturated heterocycles. The highest BCUT2D eigenvalue weighted by Crippen LogP contribution is 2.62. The zero-order chi connectivity index (χ0) is 19.9. The maximum absolute atomic E-state index is 14.9. The summed E-state index contributed by atoms with van der Waals surface area (Å²) in [5, 5.41) is 1.81. The van der Waals surface area contributed by atoms with E-state index in [9.17, 15) is 4.57 Å². The van der Waals surface area contributed by atoms with Gasteiger partial charge in [0.25, 0.3) is 0 Å². The van der Waals surface area contributed by atoms with Crippen molar-refractivity contribution in [1.29, 1.82) is 0 Å². The highest BCUT2D eigenvalue weighted by atomic mass is 32.2. The molecule has 4 aromatic carbocycles. The lowest BCUT2D eigenvalue weighted by Crippen LogP contribution is -2.20. The fraction of sp³-hybridized carbons (Fsp3) is 0.0769. The van der Waals surface area contributed by atoms with Gasteiger partial charge >= 0.3 is 0 Å². The Kier molecular flexibility index (Phi) is 6.34. The normalized spacial score (nSPS) is 12.4. The molecule has 0 bridgehead atoms. The molecule has 0 heterocycles. The lowest BCUT2D eigenvalue weighted by Gasteiger charge is -2.29. The number of benzene rings is 4. The maximum Gasteiger partial charge on any atom is 0.159 e. The smallest absolute Gasteiger partial charge is 0.159 e. The number of rotatable bonds is 7. The lowest BCUT2D eigenvalue weighted by molar-refractivity contribution is 0.586. The quantitative estimate of drug-likeness (QED) is 0.316. The van der Waals surface area contributed by atoms with E-state index in [1.807, 2.05) is 84.9 Å². The Bertz CT molecular complexity index is 1020. The summed E-state index contributed by atoms with van der Waals surface area (Å²) in [7, 11) is -2.93. The molecule has 0 fully saturated rings. The van der Waals surface area contributed by atoms with Gasteiger partial charge in [-0.2, -0.15) is 0 Å². The first-order chi connectivity index (χ1) is 14.3. The number of thioether (sulfide) groups is 1. The van der Waals surface area contributed by atoms with Crippen LogP contribution >= 0.6 is 18.9 Å². The molecular formula is C26H23OPS. The lowest BCUT2D eigenvalue weighted by atomic mass is 10.2. The van der Waals surface area contributed by atoms with Crippen LogP contribution in [-0.4, -0.2) is 0 Å². The van der Waals surface area contributed by atoms with Gasteiger partial charge in [0.1, 0.15) is 0 Å². The van der Waals surface area contributed by atoms with Crippen LogP contribution in [0.1, 0.15) is 16.1 Å². The maximum atomic E-state index is 14.9. The Hall–Kier alpha value is -2.54. The predicted octanol–water partition coefficient (Wildman–Crippen LogP) is 6.63. The van der Waals surface area contributed by atoms with Gasteiger partial charge in [-0.05, 0) is 11.1 Å². The molecular weight excluding hydrogens is 391 g/mol. The van der Waals surface area contributed by atoms with E-state index in [1.165, 1.54) is 5.56 Å². The minimum absolute atomic E-state index is 0.159. The molecule has 1 atom stereocenters. The topological polar surface area (TPSA) is 17.1 Å². The van der Waals surface area contributed by atoms with Crippen molar-refractivity contribution < 1.29 is 4.57 Å². The summed E-state index contributed by atoms with van der Waals surface area (Å²) >= 11 is 1.76. The van der Waals surface area contributed by atoms with Crippen LogP contribution in [0.3, 0.4) is 0 Å². The third kappa shape index (κ3) is 4.40. The standard InChI is InChI=1S/C26H23OPS/c27-28(24-17-9-3-10-18-24,25-19-11-4-12-20-25)26(23-15-7-2-8-16-23)29-21-22-13-5-1-6-14-22/h1-20,26H,21H2. The minimum atomic E-state index is -2.93. The molecule has 3 heteroatoms. The fourth-order valence-corrected chi connectivity index (χ4v) is 8.84. The molecule has 4 aromatic rings. The molecule has 144 valence electrons. The first-order valence-corrected chi connectivity index (χ1v) is 12.5. The van der Waals surface area contributed by atoms with E-state index < -0.39 is 7.14 Å². The molecule has 0 radical (unpaired) electrons. The van der Waals surface area contributed by atoms with E-state index in [-0.39, 0.29) is 4.99 Å². The van der Waals surface area contributed by atoms with Crippen LogP contribution < -0.4 is 10.6 Å². The molecule has 0 saturated carbocycles. The van der Waals surface area contributed by atoms with Gasteiger partial charge < -0.3 is 4.57 Å². The average molecular weight is 415 g/mol. The van der Waals surface area contributed by atoms with Crippen molar-refractivity contribution in [2.75, 3.05) is 0 Å². The summed E-state index contributed by atoms with van der Waals surface area (Å²) in [6, 6.07) is 40.6. The second-order valence-electron chi connectivity index (χ2n) is 6.89. The molecule has 29 heavy (non-hydrogen) atoms. The van der Waals surface area contributed by atoms with Gasteiger partial charge in [0.2, 0.25) is 0 Å². The molecule has 1 nitrogen and oxygen atoms in total. The van der Waals surface area contributed by atoms with E-state index in [1.54, 1.807) is 11.8 Å². The highest BCUT2D eigenvalue weighted by molar-refractivity contribution is 8.07. The van der Waals surface area contributed by atoms with E-state index >= 15 is 0 Å². The van der Waals surface area contributed by atoms with Crippen LogP contribution in [-0.2, 0) is 10.3 Å². The molecule has 0 aliphatic rings. The number of hydrogen-bond acceptors (Lipinski definition) is 2. The summed E-state index contributed by atoms with van der Waals surface area (Å²) < 4.78 is 14.9. The molecule has 1 unspecified atom stereocenters. The van der Waals surface area contributed by atoms with Gasteiger partial charge in [-0.3, -0.25) is 0 Å². The largest absolute Gasteiger partial charge is 0.312 e. The average Bonchev–Trinajstić information content (AvgIpc) is 2.81. The summed E-state index contributed by atoms with van der Waals surface area (Å²) in [6.07, 6.45) is 0. The summed E-state index contributed by atoms with van der Waals surface area (Å²) in [5.41, 5.74) is 2.34. The molecule has 0 N–H and O–H groups in total. The Morgan fingerprint density at radius 3 is 1.48 bits per heavy atom. The van der Waals surface area contributed by atoms with Crippen molar-refractivity contribution in [3.63, 3.8) is 0 Å². The van der Waals surface area contributed by atoms with Crippen molar-refractivity contribution in [2.45, 2.75) is 10.7 Å². The zero-order valence-electron chi connectivity index (χ0n) is 16.1. The van der Waals surface area contributed by atoms with E-state index in [4.69, 9.17) is 0 Å². The first-order valence-electron chi connectivity index (χ1n) is 9.70. The van der Waals surface area contributed by atoms with Crippen LogP contribution in [0.4, 0.5) is 0 Å². The monoisotopic (exact) mass is 414 g/mol. The van der Waals surface area contributed by atoms with Crippen LogP contribution in [0, 0.1) is 0 Å². The Labute approximate surface area is 177 Å². The van der Waals surface area contributed by atoms with Crippen LogP contribution in [0.2, 0.25) is 0 Å². The van der Waals surface area contributed by atoms with Crippen LogP contribution in [0.15, 0.2) is 121 Å². The SMILES string of the molecule is O=P(c1ccccc1)(c1ccccc1)C(SCc1ccccc1)c1ccccc1. The van der Waals surface area contributed by atoms with Gasteiger partial charge in [0, 0.05) is 16.4 Å². The van der Waals surface area contributed by atoms with Crippen LogP contribution in [0.5, 0.6) is 0 Å². The zero-order valence-corrected chi connectivity index (χ0v) is 17.8. The van der Waals surface area contributed by atoms with Gasteiger partial charge in [0.05, 0.1) is 4.99 Å².